The van der Waals surface area contributed by atoms with Gasteiger partial charge < -0.3 is 9.64 Å². The molecule has 0 saturated heterocycles. The van der Waals surface area contributed by atoms with Crippen molar-refractivity contribution in [3.63, 3.8) is 0 Å². The number of methoxy groups -OCH3 is 1. The van der Waals surface area contributed by atoms with E-state index in [1.165, 1.54) is 17.0 Å². The molecule has 33 heavy (non-hydrogen) atoms. The van der Waals surface area contributed by atoms with Crippen LogP contribution in [-0.4, -0.2) is 57.0 Å². The minimum atomic E-state index is -7.93. The van der Waals surface area contributed by atoms with Gasteiger partial charge in [-0.25, -0.2) is 0 Å². The van der Waals surface area contributed by atoms with Crippen molar-refractivity contribution in [3.05, 3.63) is 29.8 Å². The van der Waals surface area contributed by atoms with Crippen LogP contribution < -0.4 is 4.90 Å². The number of anilines is 1. The summed E-state index contributed by atoms with van der Waals surface area (Å²) in [5.41, 5.74) is -2.44. The molecule has 0 amide bonds. The molecule has 1 aromatic carbocycles. The Morgan fingerprint density at radius 3 is 1.39 bits per heavy atom. The van der Waals surface area contributed by atoms with E-state index in [1.807, 2.05) is 0 Å². The van der Waals surface area contributed by atoms with E-state index in [2.05, 4.69) is 4.74 Å². The van der Waals surface area contributed by atoms with Gasteiger partial charge >= 0.3 is 35.8 Å². The highest BCUT2D eigenvalue weighted by molar-refractivity contribution is 5.47. The number of alkyl halides is 13. The normalized spacial score (nSPS) is 16.5. The van der Waals surface area contributed by atoms with Crippen LogP contribution in [0, 0.1) is 0 Å². The zero-order chi connectivity index (χ0) is 26.5. The molecule has 0 fully saturated rings. The quantitative estimate of drug-likeness (QED) is 0.341. The molecule has 0 radical (unpaired) electrons. The molecule has 0 N–H and O–H groups in total. The minimum absolute atomic E-state index is 0.332. The van der Waals surface area contributed by atoms with Crippen molar-refractivity contribution in [3.8, 4) is 0 Å². The van der Waals surface area contributed by atoms with Gasteiger partial charge in [0.2, 0.25) is 0 Å². The zero-order valence-corrected chi connectivity index (χ0v) is 17.3. The van der Waals surface area contributed by atoms with Crippen molar-refractivity contribution in [2.45, 2.75) is 54.7 Å². The molecule has 0 aliphatic rings. The Bertz CT molecular complexity index is 818. The van der Waals surface area contributed by atoms with E-state index in [9.17, 15) is 57.1 Å². The molecule has 0 bridgehead atoms. The van der Waals surface area contributed by atoms with Crippen LogP contribution in [0.3, 0.4) is 0 Å². The Morgan fingerprint density at radius 1 is 0.667 bits per heavy atom. The number of hydrogen-bond acceptors (Lipinski definition) is 2. The molecule has 1 rings (SSSR count). The first-order valence-corrected chi connectivity index (χ1v) is 8.72. The van der Waals surface area contributed by atoms with Crippen LogP contribution >= 0.6 is 0 Å². The van der Waals surface area contributed by atoms with Crippen LogP contribution in [-0.2, 0) is 10.3 Å². The van der Waals surface area contributed by atoms with Gasteiger partial charge in [-0.05, 0) is 24.6 Å². The fourth-order valence-electron chi connectivity index (χ4n) is 2.74. The van der Waals surface area contributed by atoms with Gasteiger partial charge in [-0.3, -0.25) is 0 Å². The van der Waals surface area contributed by atoms with E-state index in [0.29, 0.717) is 19.7 Å². The van der Waals surface area contributed by atoms with Crippen molar-refractivity contribution in [1.29, 1.82) is 0 Å². The summed E-state index contributed by atoms with van der Waals surface area (Å²) in [5.74, 6) is -37.1. The maximum Gasteiger partial charge on any atom is 0.460 e. The summed E-state index contributed by atoms with van der Waals surface area (Å²) in [7, 11) is 3.81. The third-order valence-electron chi connectivity index (χ3n) is 5.00. The first-order chi connectivity index (χ1) is 14.4. The van der Waals surface area contributed by atoms with E-state index in [1.54, 1.807) is 14.1 Å². The highest BCUT2D eigenvalue weighted by Crippen LogP contribution is 2.61. The third kappa shape index (κ3) is 4.56. The lowest BCUT2D eigenvalue weighted by Crippen LogP contribution is -2.70. The predicted octanol–water partition coefficient (Wildman–Crippen LogP) is 6.74. The zero-order valence-electron chi connectivity index (χ0n) is 17.3. The molecule has 1 atom stereocenters. The lowest BCUT2D eigenvalue weighted by molar-refractivity contribution is -0.441. The maximum atomic E-state index is 14.3. The van der Waals surface area contributed by atoms with Gasteiger partial charge in [-0.1, -0.05) is 12.1 Å². The van der Waals surface area contributed by atoms with Gasteiger partial charge in [-0.15, -0.1) is 0 Å². The van der Waals surface area contributed by atoms with Crippen LogP contribution in [0.5, 0.6) is 0 Å². The monoisotopic (exact) mass is 511 g/mol. The van der Waals surface area contributed by atoms with Gasteiger partial charge in [0.1, 0.15) is 0 Å². The topological polar surface area (TPSA) is 12.5 Å². The molecule has 0 aliphatic heterocycles. The first kappa shape index (κ1) is 29.1. The number of rotatable bonds is 9. The molecule has 1 aromatic rings. The van der Waals surface area contributed by atoms with E-state index < -0.39 is 47.8 Å². The summed E-state index contributed by atoms with van der Waals surface area (Å²) >= 11 is 0. The highest BCUT2D eigenvalue weighted by atomic mass is 19.4. The maximum absolute atomic E-state index is 14.3. The van der Waals surface area contributed by atoms with Gasteiger partial charge in [0, 0.05) is 26.9 Å². The average molecular weight is 511 g/mol. The van der Waals surface area contributed by atoms with Crippen molar-refractivity contribution >= 4 is 5.69 Å². The number of ether oxygens (including phenoxy) is 1. The van der Waals surface area contributed by atoms with E-state index in [4.69, 9.17) is 0 Å². The van der Waals surface area contributed by atoms with E-state index in [-0.39, 0.29) is 5.56 Å². The second-order valence-electron chi connectivity index (χ2n) is 7.55. The van der Waals surface area contributed by atoms with Gasteiger partial charge in [0.25, 0.3) is 0 Å². The molecule has 0 spiro atoms. The SMILES string of the molecule is COC(C)(CC(F)(F)C(F)(F)C(F)(F)C(F)(F)C(F)(F)C(F)(F)F)c1ccc(N(C)C)cc1. The largest absolute Gasteiger partial charge is 0.460 e. The summed E-state index contributed by atoms with van der Waals surface area (Å²) in [4.78, 5) is 1.53. The van der Waals surface area contributed by atoms with E-state index >= 15 is 0 Å². The summed E-state index contributed by atoms with van der Waals surface area (Å²) in [6.07, 6.45) is -9.92. The van der Waals surface area contributed by atoms with Gasteiger partial charge in [0.05, 0.1) is 12.0 Å². The second kappa shape index (κ2) is 8.38. The minimum Gasteiger partial charge on any atom is -0.378 e. The van der Waals surface area contributed by atoms with Crippen LogP contribution in [0.1, 0.15) is 18.9 Å². The molecule has 0 saturated carbocycles. The first-order valence-electron chi connectivity index (χ1n) is 8.72. The van der Waals surface area contributed by atoms with E-state index in [0.717, 1.165) is 12.1 Å². The number of nitrogens with zero attached hydrogens (tertiary/aromatic N) is 1. The Morgan fingerprint density at radius 2 is 1.06 bits per heavy atom. The molecule has 192 valence electrons. The van der Waals surface area contributed by atoms with Gasteiger partial charge in [-0.2, -0.15) is 57.1 Å². The van der Waals surface area contributed by atoms with Crippen molar-refractivity contribution < 1.29 is 61.8 Å². The predicted molar refractivity (Wildman–Crippen MR) is 90.5 cm³/mol. The Kier molecular flexibility index (Phi) is 7.39. The number of hydrogen-bond donors (Lipinski definition) is 0. The second-order valence-corrected chi connectivity index (χ2v) is 7.55. The van der Waals surface area contributed by atoms with Crippen LogP contribution in [0.25, 0.3) is 0 Å². The Hall–Kier alpha value is -1.93. The molecule has 1 unspecified atom stereocenters. The lowest BCUT2D eigenvalue weighted by atomic mass is 9.84. The van der Waals surface area contributed by atoms with Crippen molar-refractivity contribution in [1.82, 2.24) is 0 Å². The number of benzene rings is 1. The summed E-state index contributed by atoms with van der Waals surface area (Å²) in [6, 6.07) is 4.65. The Balaban J connectivity index is 3.48. The fraction of sp³-hybridized carbons (Fsp3) is 0.667. The standard InChI is InChI=1S/C18H18F13NO/c1-12(33-4,10-5-7-11(8-6-10)32(2)3)9-13(19,20)14(21,22)15(23,24)16(25,26)17(27,28)18(29,30)31/h5-8H,9H2,1-4H3. The Labute approximate surface area is 179 Å². The summed E-state index contributed by atoms with van der Waals surface area (Å²) in [6.45, 7) is 0.683. The van der Waals surface area contributed by atoms with Gasteiger partial charge in [0.15, 0.2) is 0 Å². The smallest absolute Gasteiger partial charge is 0.378 e. The molecule has 15 heteroatoms. The molecule has 2 nitrogen and oxygen atoms in total. The lowest BCUT2D eigenvalue weighted by Gasteiger charge is -2.42. The van der Waals surface area contributed by atoms with Crippen molar-refractivity contribution in [2.75, 3.05) is 26.1 Å². The summed E-state index contributed by atoms with van der Waals surface area (Å²) < 4.78 is 178. The van der Waals surface area contributed by atoms with Crippen molar-refractivity contribution in [2.24, 2.45) is 0 Å². The third-order valence-corrected chi connectivity index (χ3v) is 5.00. The highest BCUT2D eigenvalue weighted by Gasteiger charge is 2.90. The molecular formula is C18H18F13NO. The molecule has 0 heterocycles. The number of halogens is 13. The fourth-order valence-corrected chi connectivity index (χ4v) is 2.74. The van der Waals surface area contributed by atoms with Crippen LogP contribution in [0.4, 0.5) is 62.8 Å². The average Bonchev–Trinajstić information content (AvgIpc) is 2.66. The molecule has 0 aromatic heterocycles. The van der Waals surface area contributed by atoms with Crippen LogP contribution in [0.2, 0.25) is 0 Å². The molecule has 0 aliphatic carbocycles. The van der Waals surface area contributed by atoms with Crippen LogP contribution in [0.15, 0.2) is 24.3 Å². The molecular weight excluding hydrogens is 493 g/mol. The summed E-state index contributed by atoms with van der Waals surface area (Å²) in [5, 5.41) is 0.